The Morgan fingerprint density at radius 1 is 1.25 bits per heavy atom. The monoisotopic (exact) mass is 465 g/mol. The Morgan fingerprint density at radius 2 is 2.06 bits per heavy atom. The Kier molecular flexibility index (Phi) is 5.75. The fourth-order valence-corrected chi connectivity index (χ4v) is 6.55. The highest BCUT2D eigenvalue weighted by Gasteiger charge is 2.25. The average molecular weight is 466 g/mol. The highest BCUT2D eigenvalue weighted by atomic mass is 32.2. The van der Waals surface area contributed by atoms with Crippen LogP contribution in [0.1, 0.15) is 17.4 Å². The fourth-order valence-electron chi connectivity index (χ4n) is 4.31. The first-order valence-corrected chi connectivity index (χ1v) is 12.6. The maximum atomic E-state index is 13.3. The van der Waals surface area contributed by atoms with Crippen molar-refractivity contribution >= 4 is 55.7 Å². The van der Waals surface area contributed by atoms with Gasteiger partial charge in [-0.2, -0.15) is 0 Å². The average Bonchev–Trinajstić information content (AvgIpc) is 3.15. The second-order valence-corrected chi connectivity index (χ2v) is 10.2. The maximum absolute atomic E-state index is 13.3. The summed E-state index contributed by atoms with van der Waals surface area (Å²) < 4.78 is 1.70. The van der Waals surface area contributed by atoms with Crippen LogP contribution in [0.5, 0.6) is 0 Å². The van der Waals surface area contributed by atoms with Gasteiger partial charge in [-0.1, -0.05) is 48.2 Å². The van der Waals surface area contributed by atoms with Crippen LogP contribution in [0, 0.1) is 0 Å². The number of hydrogen-bond acceptors (Lipinski definition) is 5. The Bertz CT molecular complexity index is 1390. The summed E-state index contributed by atoms with van der Waals surface area (Å²) in [5.74, 6) is 0.0816. The molecule has 0 radical (unpaired) electrons. The van der Waals surface area contributed by atoms with E-state index in [0.717, 1.165) is 46.2 Å². The Balaban J connectivity index is 1.40. The third-order valence-corrected chi connectivity index (χ3v) is 8.04. The van der Waals surface area contributed by atoms with E-state index in [-0.39, 0.29) is 17.2 Å². The first kappa shape index (κ1) is 21.2. The van der Waals surface area contributed by atoms with Crippen molar-refractivity contribution in [1.29, 1.82) is 0 Å². The van der Waals surface area contributed by atoms with Gasteiger partial charge >= 0.3 is 0 Å². The van der Waals surface area contributed by atoms with Crippen molar-refractivity contribution in [1.82, 2.24) is 9.55 Å². The summed E-state index contributed by atoms with van der Waals surface area (Å²) in [6.07, 6.45) is 0.918. The van der Waals surface area contributed by atoms with Gasteiger partial charge in [0.05, 0.1) is 29.6 Å². The van der Waals surface area contributed by atoms with E-state index in [9.17, 15) is 9.59 Å². The molecule has 1 atom stereocenters. The van der Waals surface area contributed by atoms with E-state index in [1.54, 1.807) is 15.9 Å². The van der Waals surface area contributed by atoms with Crippen molar-refractivity contribution in [2.75, 3.05) is 24.7 Å². The predicted octanol–water partition coefficient (Wildman–Crippen LogP) is 2.93. The van der Waals surface area contributed by atoms with E-state index in [1.165, 1.54) is 27.1 Å². The van der Waals surface area contributed by atoms with Crippen molar-refractivity contribution in [2.24, 2.45) is 0 Å². The van der Waals surface area contributed by atoms with Gasteiger partial charge in [-0.3, -0.25) is 14.2 Å². The van der Waals surface area contributed by atoms with E-state index in [0.29, 0.717) is 11.7 Å². The number of nitrogens with zero attached hydrogens (tertiary/aromatic N) is 2. The largest absolute Gasteiger partial charge is 0.333 e. The number of carbonyl (C=O) groups is 1. The SMILES string of the molecule is CCn1c(SCC(=O)Nc2cccc3ccccc23)nc2sc3c(c2c1=O)CC[NH+](C)C3. The summed E-state index contributed by atoms with van der Waals surface area (Å²) in [4.78, 5) is 34.4. The van der Waals surface area contributed by atoms with E-state index >= 15 is 0 Å². The lowest BCUT2D eigenvalue weighted by Crippen LogP contribution is -3.08. The second-order valence-electron chi connectivity index (χ2n) is 8.13. The van der Waals surface area contributed by atoms with Crippen LogP contribution in [0.15, 0.2) is 52.4 Å². The number of nitrogens with one attached hydrogen (secondary N) is 2. The lowest BCUT2D eigenvalue weighted by atomic mass is 10.1. The second kappa shape index (κ2) is 8.69. The quantitative estimate of drug-likeness (QED) is 0.351. The van der Waals surface area contributed by atoms with Crippen LogP contribution < -0.4 is 15.8 Å². The summed E-state index contributed by atoms with van der Waals surface area (Å²) >= 11 is 2.95. The molecule has 2 aromatic heterocycles. The number of aromatic nitrogens is 2. The smallest absolute Gasteiger partial charge is 0.263 e. The van der Waals surface area contributed by atoms with Gasteiger partial charge in [0.2, 0.25) is 5.91 Å². The minimum atomic E-state index is -0.112. The lowest BCUT2D eigenvalue weighted by molar-refractivity contribution is -0.895. The van der Waals surface area contributed by atoms with Gasteiger partial charge < -0.3 is 10.2 Å². The Labute approximate surface area is 194 Å². The number of thiophene rings is 1. The van der Waals surface area contributed by atoms with Gasteiger partial charge in [-0.25, -0.2) is 4.98 Å². The molecule has 0 saturated heterocycles. The topological polar surface area (TPSA) is 68.4 Å². The number of hydrogen-bond donors (Lipinski definition) is 2. The van der Waals surface area contributed by atoms with Gasteiger partial charge in [0.1, 0.15) is 11.4 Å². The van der Waals surface area contributed by atoms with Crippen molar-refractivity contribution < 1.29 is 9.69 Å². The van der Waals surface area contributed by atoms with Gasteiger partial charge in [-0.15, -0.1) is 11.3 Å². The highest BCUT2D eigenvalue weighted by molar-refractivity contribution is 7.99. The minimum Gasteiger partial charge on any atom is -0.333 e. The Morgan fingerprint density at radius 3 is 2.91 bits per heavy atom. The van der Waals surface area contributed by atoms with Gasteiger partial charge in [0.15, 0.2) is 5.16 Å². The zero-order valence-electron chi connectivity index (χ0n) is 18.1. The Hall–Kier alpha value is -2.68. The normalized spacial score (nSPS) is 15.8. The number of amides is 1. The van der Waals surface area contributed by atoms with E-state index in [4.69, 9.17) is 4.98 Å². The number of likely N-dealkylation sites (N-methyl/N-ethyl adjacent to an activating group) is 1. The first-order valence-electron chi connectivity index (χ1n) is 10.8. The maximum Gasteiger partial charge on any atom is 0.263 e. The van der Waals surface area contributed by atoms with Crippen molar-refractivity contribution in [3.63, 3.8) is 0 Å². The molecule has 0 bridgehead atoms. The molecule has 4 aromatic rings. The molecular formula is C24H25N4O2S2+. The minimum absolute atomic E-state index is 0.0199. The number of rotatable bonds is 5. The summed E-state index contributed by atoms with van der Waals surface area (Å²) in [5.41, 5.74) is 2.00. The molecule has 2 aromatic carbocycles. The third kappa shape index (κ3) is 3.83. The molecule has 1 amide bonds. The number of carbonyl (C=O) groups excluding carboxylic acids is 1. The number of fused-ring (bicyclic) bond motifs is 4. The van der Waals surface area contributed by atoms with Crippen molar-refractivity contribution in [2.45, 2.75) is 31.6 Å². The molecular weight excluding hydrogens is 440 g/mol. The zero-order valence-corrected chi connectivity index (χ0v) is 19.7. The van der Waals surface area contributed by atoms with Crippen LogP contribution in [0.25, 0.3) is 21.0 Å². The van der Waals surface area contributed by atoms with Crippen molar-refractivity contribution in [3.05, 3.63) is 63.3 Å². The molecule has 0 fully saturated rings. The van der Waals surface area contributed by atoms with Gasteiger partial charge in [-0.05, 0) is 23.9 Å². The number of quaternary nitrogens is 1. The van der Waals surface area contributed by atoms with Gasteiger partial charge in [0.25, 0.3) is 5.56 Å². The number of anilines is 1. The molecule has 1 aliphatic rings. The molecule has 0 spiro atoms. The molecule has 8 heteroatoms. The van der Waals surface area contributed by atoms with Crippen LogP contribution in [-0.4, -0.2) is 34.8 Å². The molecule has 2 N–H and O–H groups in total. The highest BCUT2D eigenvalue weighted by Crippen LogP contribution is 2.31. The molecule has 0 saturated carbocycles. The molecule has 3 heterocycles. The van der Waals surface area contributed by atoms with Crippen molar-refractivity contribution in [3.8, 4) is 0 Å². The summed E-state index contributed by atoms with van der Waals surface area (Å²) in [5, 5.41) is 6.50. The van der Waals surface area contributed by atoms with E-state index in [1.807, 2.05) is 49.4 Å². The molecule has 0 aliphatic carbocycles. The zero-order chi connectivity index (χ0) is 22.2. The summed E-state index contributed by atoms with van der Waals surface area (Å²) in [6.45, 7) is 4.46. The lowest BCUT2D eigenvalue weighted by Gasteiger charge is -2.19. The van der Waals surface area contributed by atoms with Gasteiger partial charge in [0, 0.05) is 24.0 Å². The standard InChI is InChI=1S/C24H24N4O2S2/c1-3-28-23(30)21-17-11-12-27(2)13-19(17)32-22(21)26-24(28)31-14-20(29)25-18-10-6-8-15-7-4-5-9-16(15)18/h4-10H,3,11-14H2,1-2H3,(H,25,29)/p+1. The van der Waals surface area contributed by atoms with Crippen LogP contribution in [0.3, 0.4) is 0 Å². The van der Waals surface area contributed by atoms with Crippen LogP contribution in [0.2, 0.25) is 0 Å². The van der Waals surface area contributed by atoms with Crippen LogP contribution in [0.4, 0.5) is 5.69 Å². The number of thioether (sulfide) groups is 1. The molecule has 6 nitrogen and oxygen atoms in total. The summed E-state index contributed by atoms with van der Waals surface area (Å²) in [7, 11) is 2.18. The molecule has 5 rings (SSSR count). The van der Waals surface area contributed by atoms with Crippen LogP contribution in [-0.2, 0) is 24.3 Å². The fraction of sp³-hybridized carbons (Fsp3) is 0.292. The molecule has 32 heavy (non-hydrogen) atoms. The van der Waals surface area contributed by atoms with E-state index < -0.39 is 0 Å². The van der Waals surface area contributed by atoms with Crippen LogP contribution >= 0.6 is 23.1 Å². The molecule has 1 aliphatic heterocycles. The van der Waals surface area contributed by atoms with E-state index in [2.05, 4.69) is 12.4 Å². The summed E-state index contributed by atoms with van der Waals surface area (Å²) in [6, 6.07) is 13.8. The first-order chi connectivity index (χ1) is 15.5. The number of benzene rings is 2. The predicted molar refractivity (Wildman–Crippen MR) is 132 cm³/mol. The molecule has 1 unspecified atom stereocenters. The third-order valence-electron chi connectivity index (χ3n) is 5.94. The molecule has 164 valence electrons.